The highest BCUT2D eigenvalue weighted by Gasteiger charge is 2.29. The van der Waals surface area contributed by atoms with Crippen LogP contribution in [-0.2, 0) is 11.2 Å². The number of carbonyl (C=O) groups excluding carboxylic acids is 1. The molecular weight excluding hydrogens is 310 g/mol. The fraction of sp³-hybridized carbons (Fsp3) is 0.611. The van der Waals surface area contributed by atoms with E-state index < -0.39 is 0 Å². The number of rotatable bonds is 5. The molecular formula is C18H26ClN3O. The summed E-state index contributed by atoms with van der Waals surface area (Å²) >= 11 is 5.97. The van der Waals surface area contributed by atoms with Gasteiger partial charge in [0.1, 0.15) is 0 Å². The second kappa shape index (κ2) is 8.13. The van der Waals surface area contributed by atoms with Crippen LogP contribution in [-0.4, -0.2) is 61.0 Å². The number of nitrogens with zero attached hydrogens (tertiary/aromatic N) is 2. The first-order valence-electron chi connectivity index (χ1n) is 8.68. The fourth-order valence-corrected chi connectivity index (χ4v) is 3.87. The Morgan fingerprint density at radius 2 is 2.17 bits per heavy atom. The lowest BCUT2D eigenvalue weighted by atomic mass is 9.99. The van der Waals surface area contributed by atoms with E-state index in [0.717, 1.165) is 36.6 Å². The van der Waals surface area contributed by atoms with Crippen molar-refractivity contribution in [2.75, 3.05) is 39.3 Å². The lowest BCUT2D eigenvalue weighted by molar-refractivity contribution is -0.123. The number of hydrogen-bond donors (Lipinski definition) is 1. The van der Waals surface area contributed by atoms with E-state index in [1.165, 1.54) is 25.8 Å². The van der Waals surface area contributed by atoms with Gasteiger partial charge in [0.15, 0.2) is 0 Å². The molecule has 1 atom stereocenters. The molecule has 0 bridgehead atoms. The Morgan fingerprint density at radius 3 is 3.04 bits per heavy atom. The second-order valence-electron chi connectivity index (χ2n) is 6.65. The van der Waals surface area contributed by atoms with Crippen LogP contribution in [0, 0.1) is 0 Å². The van der Waals surface area contributed by atoms with Gasteiger partial charge >= 0.3 is 0 Å². The van der Waals surface area contributed by atoms with Gasteiger partial charge in [0.2, 0.25) is 5.91 Å². The van der Waals surface area contributed by atoms with E-state index in [-0.39, 0.29) is 5.91 Å². The van der Waals surface area contributed by atoms with E-state index in [0.29, 0.717) is 19.1 Å². The molecule has 1 N–H and O–H groups in total. The molecule has 2 aliphatic rings. The number of amides is 1. The number of benzene rings is 1. The zero-order valence-electron chi connectivity index (χ0n) is 13.6. The molecule has 1 aromatic carbocycles. The maximum absolute atomic E-state index is 12.1. The van der Waals surface area contributed by atoms with Crippen LogP contribution in [0.25, 0.3) is 0 Å². The van der Waals surface area contributed by atoms with Crippen LogP contribution in [0.3, 0.4) is 0 Å². The first-order valence-corrected chi connectivity index (χ1v) is 9.06. The normalized spacial score (nSPS) is 22.6. The molecule has 0 aliphatic carbocycles. The Kier molecular flexibility index (Phi) is 5.92. The standard InChI is InChI=1S/C18H26ClN3O/c19-16-5-3-4-15(12-16)7-8-20-18(23)14-21-10-11-22-9-2-1-6-17(22)13-21/h3-5,12,17H,1-2,6-11,13-14H2,(H,20,23). The number of hydrogen-bond acceptors (Lipinski definition) is 3. The molecule has 1 aromatic rings. The lowest BCUT2D eigenvalue weighted by Gasteiger charge is -2.43. The molecule has 2 saturated heterocycles. The number of piperazine rings is 1. The van der Waals surface area contributed by atoms with E-state index in [2.05, 4.69) is 15.1 Å². The molecule has 2 fully saturated rings. The molecule has 0 saturated carbocycles. The molecule has 126 valence electrons. The van der Waals surface area contributed by atoms with E-state index in [1.54, 1.807) is 0 Å². The maximum Gasteiger partial charge on any atom is 0.234 e. The van der Waals surface area contributed by atoms with E-state index in [4.69, 9.17) is 11.6 Å². The molecule has 23 heavy (non-hydrogen) atoms. The van der Waals surface area contributed by atoms with Crippen LogP contribution in [0.4, 0.5) is 0 Å². The highest BCUT2D eigenvalue weighted by atomic mass is 35.5. The molecule has 0 spiro atoms. The van der Waals surface area contributed by atoms with Gasteiger partial charge in [0.05, 0.1) is 6.54 Å². The van der Waals surface area contributed by atoms with Gasteiger partial charge < -0.3 is 5.32 Å². The zero-order valence-corrected chi connectivity index (χ0v) is 14.4. The second-order valence-corrected chi connectivity index (χ2v) is 7.09. The predicted octanol–water partition coefficient (Wildman–Crippen LogP) is 2.17. The van der Waals surface area contributed by atoms with Crippen molar-refractivity contribution >= 4 is 17.5 Å². The number of halogens is 1. The van der Waals surface area contributed by atoms with Crippen molar-refractivity contribution in [3.8, 4) is 0 Å². The van der Waals surface area contributed by atoms with E-state index >= 15 is 0 Å². The number of piperidine rings is 1. The summed E-state index contributed by atoms with van der Waals surface area (Å²) in [7, 11) is 0. The Bertz CT molecular complexity index is 537. The van der Waals surface area contributed by atoms with Crippen LogP contribution in [0.15, 0.2) is 24.3 Å². The van der Waals surface area contributed by atoms with Crippen molar-refractivity contribution in [3.05, 3.63) is 34.9 Å². The molecule has 4 nitrogen and oxygen atoms in total. The molecule has 1 unspecified atom stereocenters. The van der Waals surface area contributed by atoms with Crippen molar-refractivity contribution in [1.29, 1.82) is 0 Å². The van der Waals surface area contributed by atoms with Crippen molar-refractivity contribution in [1.82, 2.24) is 15.1 Å². The highest BCUT2D eigenvalue weighted by Crippen LogP contribution is 2.20. The van der Waals surface area contributed by atoms with Gasteiger partial charge in [-0.05, 0) is 43.5 Å². The van der Waals surface area contributed by atoms with Crippen LogP contribution in [0.2, 0.25) is 5.02 Å². The number of carbonyl (C=O) groups is 1. The van der Waals surface area contributed by atoms with Gasteiger partial charge in [0.25, 0.3) is 0 Å². The van der Waals surface area contributed by atoms with Crippen molar-refractivity contribution in [2.45, 2.75) is 31.7 Å². The summed E-state index contributed by atoms with van der Waals surface area (Å²) in [6.45, 7) is 5.60. The summed E-state index contributed by atoms with van der Waals surface area (Å²) < 4.78 is 0. The van der Waals surface area contributed by atoms with Crippen molar-refractivity contribution in [2.24, 2.45) is 0 Å². The van der Waals surface area contributed by atoms with Crippen molar-refractivity contribution < 1.29 is 4.79 Å². The quantitative estimate of drug-likeness (QED) is 0.895. The third-order valence-corrected chi connectivity index (χ3v) is 5.15. The lowest BCUT2D eigenvalue weighted by Crippen LogP contribution is -2.56. The monoisotopic (exact) mass is 335 g/mol. The summed E-state index contributed by atoms with van der Waals surface area (Å²) in [6.07, 6.45) is 4.77. The topological polar surface area (TPSA) is 35.6 Å². The minimum absolute atomic E-state index is 0.135. The number of fused-ring (bicyclic) bond motifs is 1. The maximum atomic E-state index is 12.1. The van der Waals surface area contributed by atoms with Crippen LogP contribution >= 0.6 is 11.6 Å². The van der Waals surface area contributed by atoms with Gasteiger partial charge in [-0.25, -0.2) is 0 Å². The average molecular weight is 336 g/mol. The summed E-state index contributed by atoms with van der Waals surface area (Å²) in [4.78, 5) is 17.0. The van der Waals surface area contributed by atoms with Crippen LogP contribution < -0.4 is 5.32 Å². The van der Waals surface area contributed by atoms with Gasteiger partial charge in [0, 0.05) is 37.2 Å². The van der Waals surface area contributed by atoms with Gasteiger partial charge in [-0.1, -0.05) is 30.2 Å². The van der Waals surface area contributed by atoms with E-state index in [9.17, 15) is 4.79 Å². The SMILES string of the molecule is O=C(CN1CCN2CCCCC2C1)NCCc1cccc(Cl)c1. The summed E-state index contributed by atoms with van der Waals surface area (Å²) in [6, 6.07) is 8.48. The van der Waals surface area contributed by atoms with Gasteiger partial charge in [-0.3, -0.25) is 14.6 Å². The third kappa shape index (κ3) is 4.93. The van der Waals surface area contributed by atoms with Crippen LogP contribution in [0.5, 0.6) is 0 Å². The Balaban J connectivity index is 1.38. The minimum atomic E-state index is 0.135. The number of nitrogens with one attached hydrogen (secondary N) is 1. The molecule has 3 rings (SSSR count). The summed E-state index contributed by atoms with van der Waals surface area (Å²) in [5.41, 5.74) is 1.16. The highest BCUT2D eigenvalue weighted by molar-refractivity contribution is 6.30. The molecule has 1 amide bonds. The minimum Gasteiger partial charge on any atom is -0.355 e. The van der Waals surface area contributed by atoms with Crippen molar-refractivity contribution in [3.63, 3.8) is 0 Å². The first-order chi connectivity index (χ1) is 11.2. The Morgan fingerprint density at radius 1 is 1.26 bits per heavy atom. The zero-order chi connectivity index (χ0) is 16.1. The summed E-state index contributed by atoms with van der Waals surface area (Å²) in [5, 5.41) is 3.78. The molecule has 5 heteroatoms. The van der Waals surface area contributed by atoms with Crippen LogP contribution in [0.1, 0.15) is 24.8 Å². The Hall–Kier alpha value is -1.10. The third-order valence-electron chi connectivity index (χ3n) is 4.91. The largest absolute Gasteiger partial charge is 0.355 e. The molecule has 2 heterocycles. The first kappa shape index (κ1) is 16.7. The Labute approximate surface area is 143 Å². The van der Waals surface area contributed by atoms with Gasteiger partial charge in [-0.15, -0.1) is 0 Å². The fourth-order valence-electron chi connectivity index (χ4n) is 3.66. The molecule has 2 aliphatic heterocycles. The smallest absolute Gasteiger partial charge is 0.234 e. The summed E-state index contributed by atoms with van der Waals surface area (Å²) in [5.74, 6) is 0.135. The molecule has 0 aromatic heterocycles. The average Bonchev–Trinajstić information content (AvgIpc) is 2.55. The predicted molar refractivity (Wildman–Crippen MR) is 93.8 cm³/mol. The van der Waals surface area contributed by atoms with Gasteiger partial charge in [-0.2, -0.15) is 0 Å². The molecule has 0 radical (unpaired) electrons. The van der Waals surface area contributed by atoms with E-state index in [1.807, 2.05) is 24.3 Å².